The molecule has 1 aromatic rings. The highest BCUT2D eigenvalue weighted by Gasteiger charge is 2.14. The van der Waals surface area contributed by atoms with Crippen molar-refractivity contribution in [2.24, 2.45) is 11.7 Å². The van der Waals surface area contributed by atoms with Gasteiger partial charge in [0, 0.05) is 5.56 Å². The zero-order valence-corrected chi connectivity index (χ0v) is 10.2. The van der Waals surface area contributed by atoms with Crippen LogP contribution in [-0.4, -0.2) is 12.1 Å². The minimum atomic E-state index is -0.279. The second kappa shape index (κ2) is 5.66. The summed E-state index contributed by atoms with van der Waals surface area (Å²) in [6.45, 7) is 6.08. The second-order valence-corrected chi connectivity index (χ2v) is 4.25. The molecule has 0 spiro atoms. The van der Waals surface area contributed by atoms with E-state index in [1.165, 1.54) is 0 Å². The minimum Gasteiger partial charge on any atom is -0.337 e. The van der Waals surface area contributed by atoms with Crippen LogP contribution in [0.4, 0.5) is 0 Å². The molecular formula is C13H20N2O. The minimum absolute atomic E-state index is 0.104. The summed E-state index contributed by atoms with van der Waals surface area (Å²) in [6.07, 6.45) is 0.675. The van der Waals surface area contributed by atoms with Crippen molar-refractivity contribution >= 4 is 5.91 Å². The molecule has 0 aromatic heterocycles. The van der Waals surface area contributed by atoms with Crippen molar-refractivity contribution < 1.29 is 4.79 Å². The molecule has 0 aliphatic rings. The number of carbonyl (C=O) groups is 1. The summed E-state index contributed by atoms with van der Waals surface area (Å²) < 4.78 is 0. The molecule has 0 unspecified atom stereocenters. The summed E-state index contributed by atoms with van der Waals surface area (Å²) >= 11 is 0. The van der Waals surface area contributed by atoms with Crippen LogP contribution in [0.2, 0.25) is 0 Å². The van der Waals surface area contributed by atoms with E-state index in [4.69, 9.17) is 5.73 Å². The van der Waals surface area contributed by atoms with Crippen LogP contribution in [0.3, 0.4) is 0 Å². The molecule has 3 nitrogen and oxygen atoms in total. The highest BCUT2D eigenvalue weighted by molar-refractivity contribution is 5.94. The van der Waals surface area contributed by atoms with Crippen molar-refractivity contribution in [3.8, 4) is 0 Å². The predicted octanol–water partition coefficient (Wildman–Crippen LogP) is 2.06. The fourth-order valence-electron chi connectivity index (χ4n) is 1.34. The third-order valence-corrected chi connectivity index (χ3v) is 2.87. The van der Waals surface area contributed by atoms with Crippen LogP contribution in [0.5, 0.6) is 0 Å². The first-order valence-electron chi connectivity index (χ1n) is 5.67. The van der Waals surface area contributed by atoms with Gasteiger partial charge in [-0.05, 0) is 25.0 Å². The summed E-state index contributed by atoms with van der Waals surface area (Å²) in [7, 11) is 0. The van der Waals surface area contributed by atoms with Gasteiger partial charge in [-0.2, -0.15) is 0 Å². The molecule has 0 heterocycles. The molecule has 0 aliphatic carbocycles. The van der Waals surface area contributed by atoms with Gasteiger partial charge in [-0.25, -0.2) is 0 Å². The van der Waals surface area contributed by atoms with E-state index < -0.39 is 0 Å². The standard InChI is InChI=1S/C13H20N2O/c1-4-10(3)12(14)15-13(16)11-7-5-9(2)6-8-11/h5-8,10,12H,4,14H2,1-3H3,(H,15,16)/t10-,12-/m1/s1. The van der Waals surface area contributed by atoms with Gasteiger partial charge < -0.3 is 11.1 Å². The molecule has 88 valence electrons. The third-order valence-electron chi connectivity index (χ3n) is 2.87. The summed E-state index contributed by atoms with van der Waals surface area (Å²) in [6, 6.07) is 7.47. The van der Waals surface area contributed by atoms with Crippen LogP contribution in [0.1, 0.15) is 36.2 Å². The topological polar surface area (TPSA) is 55.1 Å². The van der Waals surface area contributed by atoms with Crippen molar-refractivity contribution in [1.82, 2.24) is 5.32 Å². The van der Waals surface area contributed by atoms with Gasteiger partial charge in [0.05, 0.1) is 6.17 Å². The smallest absolute Gasteiger partial charge is 0.252 e. The van der Waals surface area contributed by atoms with E-state index in [1.807, 2.05) is 38.1 Å². The molecule has 3 N–H and O–H groups in total. The average molecular weight is 220 g/mol. The Morgan fingerprint density at radius 2 is 1.94 bits per heavy atom. The van der Waals surface area contributed by atoms with E-state index in [9.17, 15) is 4.79 Å². The Kier molecular flexibility index (Phi) is 4.50. The van der Waals surface area contributed by atoms with E-state index >= 15 is 0 Å². The fraction of sp³-hybridized carbons (Fsp3) is 0.462. The zero-order chi connectivity index (χ0) is 12.1. The van der Waals surface area contributed by atoms with Crippen molar-refractivity contribution in [2.45, 2.75) is 33.4 Å². The lowest BCUT2D eigenvalue weighted by Crippen LogP contribution is -2.45. The van der Waals surface area contributed by atoms with Crippen molar-refractivity contribution in [2.75, 3.05) is 0 Å². The van der Waals surface area contributed by atoms with Crippen LogP contribution in [-0.2, 0) is 0 Å². The molecule has 0 bridgehead atoms. The lowest BCUT2D eigenvalue weighted by atomic mass is 10.1. The molecule has 0 radical (unpaired) electrons. The van der Waals surface area contributed by atoms with Gasteiger partial charge in [0.15, 0.2) is 0 Å². The Balaban J connectivity index is 2.62. The van der Waals surface area contributed by atoms with Crippen LogP contribution >= 0.6 is 0 Å². The quantitative estimate of drug-likeness (QED) is 0.763. The first-order chi connectivity index (χ1) is 7.54. The number of amides is 1. The first-order valence-corrected chi connectivity index (χ1v) is 5.67. The second-order valence-electron chi connectivity index (χ2n) is 4.25. The summed E-state index contributed by atoms with van der Waals surface area (Å²) in [5.41, 5.74) is 7.66. The number of benzene rings is 1. The Morgan fingerprint density at radius 3 is 2.44 bits per heavy atom. The summed E-state index contributed by atoms with van der Waals surface area (Å²) in [5.74, 6) is 0.183. The van der Waals surface area contributed by atoms with E-state index in [0.717, 1.165) is 12.0 Å². The lowest BCUT2D eigenvalue weighted by molar-refractivity contribution is 0.0925. The molecule has 1 rings (SSSR count). The first kappa shape index (κ1) is 12.7. The molecule has 0 fully saturated rings. The average Bonchev–Trinajstić information content (AvgIpc) is 2.28. The highest BCUT2D eigenvalue weighted by atomic mass is 16.1. The largest absolute Gasteiger partial charge is 0.337 e. The molecule has 0 saturated carbocycles. The predicted molar refractivity (Wildman–Crippen MR) is 66.1 cm³/mol. The van der Waals surface area contributed by atoms with Crippen molar-refractivity contribution in [1.29, 1.82) is 0 Å². The van der Waals surface area contributed by atoms with Crippen LogP contribution in [0.15, 0.2) is 24.3 Å². The molecular weight excluding hydrogens is 200 g/mol. The zero-order valence-electron chi connectivity index (χ0n) is 10.2. The maximum atomic E-state index is 11.8. The number of nitrogens with one attached hydrogen (secondary N) is 1. The Labute approximate surface area is 97.0 Å². The molecule has 3 heteroatoms. The molecule has 0 saturated heterocycles. The Morgan fingerprint density at radius 1 is 1.38 bits per heavy atom. The molecule has 0 aliphatic heterocycles. The molecule has 16 heavy (non-hydrogen) atoms. The maximum Gasteiger partial charge on any atom is 0.252 e. The summed E-state index contributed by atoms with van der Waals surface area (Å²) in [4.78, 5) is 11.8. The third kappa shape index (κ3) is 3.35. The van der Waals surface area contributed by atoms with Crippen LogP contribution in [0, 0.1) is 12.8 Å². The van der Waals surface area contributed by atoms with Crippen molar-refractivity contribution in [3.05, 3.63) is 35.4 Å². The molecule has 1 amide bonds. The van der Waals surface area contributed by atoms with Gasteiger partial charge in [-0.1, -0.05) is 38.0 Å². The number of aryl methyl sites for hydroxylation is 1. The van der Waals surface area contributed by atoms with E-state index in [-0.39, 0.29) is 18.0 Å². The van der Waals surface area contributed by atoms with Crippen LogP contribution in [0.25, 0.3) is 0 Å². The lowest BCUT2D eigenvalue weighted by Gasteiger charge is -2.19. The summed E-state index contributed by atoms with van der Waals surface area (Å²) in [5, 5.41) is 2.81. The number of hydrogen-bond donors (Lipinski definition) is 2. The molecule has 2 atom stereocenters. The Hall–Kier alpha value is -1.35. The molecule has 1 aromatic carbocycles. The number of nitrogens with two attached hydrogens (primary N) is 1. The van der Waals surface area contributed by atoms with Crippen LogP contribution < -0.4 is 11.1 Å². The maximum absolute atomic E-state index is 11.8. The fourth-order valence-corrected chi connectivity index (χ4v) is 1.34. The van der Waals surface area contributed by atoms with Gasteiger partial charge in [0.1, 0.15) is 0 Å². The van der Waals surface area contributed by atoms with Gasteiger partial charge in [0.25, 0.3) is 5.91 Å². The van der Waals surface area contributed by atoms with E-state index in [1.54, 1.807) is 0 Å². The Bertz CT molecular complexity index is 345. The van der Waals surface area contributed by atoms with E-state index in [2.05, 4.69) is 12.2 Å². The SMILES string of the molecule is CC[C@@H](C)[C@H](N)NC(=O)c1ccc(C)cc1. The normalized spacial score (nSPS) is 14.2. The monoisotopic (exact) mass is 220 g/mol. The van der Waals surface area contributed by atoms with Gasteiger partial charge in [0.2, 0.25) is 0 Å². The van der Waals surface area contributed by atoms with Crippen molar-refractivity contribution in [3.63, 3.8) is 0 Å². The van der Waals surface area contributed by atoms with E-state index in [0.29, 0.717) is 5.56 Å². The van der Waals surface area contributed by atoms with Gasteiger partial charge in [-0.3, -0.25) is 4.79 Å². The highest BCUT2D eigenvalue weighted by Crippen LogP contribution is 2.06. The number of carbonyl (C=O) groups excluding carboxylic acids is 1. The van der Waals surface area contributed by atoms with Gasteiger partial charge in [-0.15, -0.1) is 0 Å². The van der Waals surface area contributed by atoms with Gasteiger partial charge >= 0.3 is 0 Å². The number of rotatable bonds is 4. The number of hydrogen-bond acceptors (Lipinski definition) is 2.